The minimum Gasteiger partial charge on any atom is -0.341 e. The Hall–Kier alpha value is -2.38. The second-order valence-electron chi connectivity index (χ2n) is 6.79. The lowest BCUT2D eigenvalue weighted by Gasteiger charge is -2.22. The fourth-order valence-electron chi connectivity index (χ4n) is 3.58. The highest BCUT2D eigenvalue weighted by molar-refractivity contribution is 8.14. The van der Waals surface area contributed by atoms with Crippen LogP contribution in [-0.2, 0) is 11.2 Å². The van der Waals surface area contributed by atoms with E-state index >= 15 is 0 Å². The molecule has 2 aromatic rings. The molecular formula is C20H17ClN2O4S. The Balaban J connectivity index is 1.84. The number of amides is 1. The summed E-state index contributed by atoms with van der Waals surface area (Å²) in [5, 5.41) is 3.05. The molecule has 1 aromatic carbocycles. The van der Waals surface area contributed by atoms with Gasteiger partial charge in [0.1, 0.15) is 5.56 Å². The van der Waals surface area contributed by atoms with Gasteiger partial charge in [-0.3, -0.25) is 23.7 Å². The molecule has 4 rings (SSSR count). The second-order valence-corrected chi connectivity index (χ2v) is 8.33. The summed E-state index contributed by atoms with van der Waals surface area (Å²) in [7, 11) is 0. The van der Waals surface area contributed by atoms with Crippen molar-refractivity contribution >= 4 is 40.2 Å². The van der Waals surface area contributed by atoms with E-state index in [-0.39, 0.29) is 16.5 Å². The predicted molar refractivity (Wildman–Crippen MR) is 108 cm³/mol. The molecule has 28 heavy (non-hydrogen) atoms. The number of hydrogen-bond donors (Lipinski definition) is 1. The van der Waals surface area contributed by atoms with E-state index in [0.29, 0.717) is 53.4 Å². The van der Waals surface area contributed by atoms with Crippen LogP contribution >= 0.6 is 23.4 Å². The van der Waals surface area contributed by atoms with Gasteiger partial charge in [0, 0.05) is 34.1 Å². The molecule has 1 saturated heterocycles. The molecule has 0 saturated carbocycles. The number of benzene rings is 1. The first-order valence-corrected chi connectivity index (χ1v) is 10.4. The first kappa shape index (κ1) is 19.0. The summed E-state index contributed by atoms with van der Waals surface area (Å²) in [6.07, 6.45) is 2.13. The number of fused-ring (bicyclic) bond motifs is 1. The van der Waals surface area contributed by atoms with Crippen LogP contribution in [0.25, 0.3) is 5.69 Å². The van der Waals surface area contributed by atoms with Crippen molar-refractivity contribution in [3.63, 3.8) is 0 Å². The first-order valence-electron chi connectivity index (χ1n) is 9.01. The summed E-state index contributed by atoms with van der Waals surface area (Å²) in [5.41, 5.74) is 0.896. The lowest BCUT2D eigenvalue weighted by atomic mass is 9.92. The van der Waals surface area contributed by atoms with E-state index in [0.717, 1.165) is 0 Å². The van der Waals surface area contributed by atoms with E-state index in [1.54, 1.807) is 24.3 Å². The average Bonchev–Trinajstić information content (AvgIpc) is 3.07. The molecule has 0 radical (unpaired) electrons. The predicted octanol–water partition coefficient (Wildman–Crippen LogP) is 2.77. The monoisotopic (exact) mass is 416 g/mol. The standard InChI is InChI=1S/C20H17ClN2O4S/c21-11-4-6-12(7-5-11)23-16-2-1-3-17(24)13(16)10-14(19(23)26)18(25)22-15-8-9-28-20(15)27/h4-7,10,15H,1-3,8-9H2,(H,22,25)/t15-/m1/s1. The third-order valence-corrected chi connectivity index (χ3v) is 6.25. The number of hydrogen-bond acceptors (Lipinski definition) is 5. The topological polar surface area (TPSA) is 85.2 Å². The van der Waals surface area contributed by atoms with Crippen LogP contribution in [0.4, 0.5) is 0 Å². The van der Waals surface area contributed by atoms with Gasteiger partial charge in [0.15, 0.2) is 5.78 Å². The molecule has 1 N–H and O–H groups in total. The fourth-order valence-corrected chi connectivity index (χ4v) is 4.64. The van der Waals surface area contributed by atoms with Crippen LogP contribution in [0.3, 0.4) is 0 Å². The van der Waals surface area contributed by atoms with Crippen LogP contribution < -0.4 is 10.9 Å². The van der Waals surface area contributed by atoms with Gasteiger partial charge in [-0.05, 0) is 49.6 Å². The van der Waals surface area contributed by atoms with Crippen molar-refractivity contribution in [3.05, 3.63) is 62.5 Å². The van der Waals surface area contributed by atoms with Crippen LogP contribution in [0.15, 0.2) is 35.1 Å². The van der Waals surface area contributed by atoms with Crippen molar-refractivity contribution in [2.45, 2.75) is 31.7 Å². The highest BCUT2D eigenvalue weighted by Crippen LogP contribution is 2.25. The number of ketones is 1. The Morgan fingerprint density at radius 1 is 1.14 bits per heavy atom. The Bertz CT molecular complexity index is 1050. The summed E-state index contributed by atoms with van der Waals surface area (Å²) in [5.74, 6) is -0.0817. The van der Waals surface area contributed by atoms with Crippen LogP contribution in [0.1, 0.15) is 45.7 Å². The van der Waals surface area contributed by atoms with Crippen molar-refractivity contribution in [1.29, 1.82) is 0 Å². The Labute approximate surface area is 170 Å². The molecular weight excluding hydrogens is 400 g/mol. The molecule has 1 aliphatic heterocycles. The summed E-state index contributed by atoms with van der Waals surface area (Å²) >= 11 is 7.12. The van der Waals surface area contributed by atoms with Crippen molar-refractivity contribution in [3.8, 4) is 5.69 Å². The van der Waals surface area contributed by atoms with Crippen LogP contribution in [0.5, 0.6) is 0 Å². The van der Waals surface area contributed by atoms with Crippen LogP contribution in [-0.4, -0.2) is 33.2 Å². The molecule has 0 spiro atoms. The van der Waals surface area contributed by atoms with Gasteiger partial charge in [-0.1, -0.05) is 23.4 Å². The number of carbonyl (C=O) groups excluding carboxylic acids is 3. The molecule has 2 aliphatic rings. The Morgan fingerprint density at radius 3 is 2.57 bits per heavy atom. The summed E-state index contributed by atoms with van der Waals surface area (Å²) in [6, 6.07) is 7.45. The van der Waals surface area contributed by atoms with Gasteiger partial charge in [-0.15, -0.1) is 0 Å². The molecule has 1 aromatic heterocycles. The van der Waals surface area contributed by atoms with Crippen molar-refractivity contribution in [1.82, 2.24) is 9.88 Å². The molecule has 144 valence electrons. The van der Waals surface area contributed by atoms with Gasteiger partial charge >= 0.3 is 0 Å². The second kappa shape index (κ2) is 7.56. The van der Waals surface area contributed by atoms with Crippen molar-refractivity contribution in [2.75, 3.05) is 5.75 Å². The molecule has 1 fully saturated rings. The molecule has 8 heteroatoms. The molecule has 0 unspecified atom stereocenters. The lowest BCUT2D eigenvalue weighted by molar-refractivity contribution is -0.112. The number of nitrogens with one attached hydrogen (secondary N) is 1. The minimum absolute atomic E-state index is 0.0921. The van der Waals surface area contributed by atoms with E-state index in [1.807, 2.05) is 0 Å². The summed E-state index contributed by atoms with van der Waals surface area (Å²) in [4.78, 5) is 50.3. The van der Waals surface area contributed by atoms with E-state index in [2.05, 4.69) is 5.32 Å². The SMILES string of the molecule is O=C1CCCc2c1cc(C(=O)N[C@@H]1CCSC1=O)c(=O)n2-c1ccc(Cl)cc1. The van der Waals surface area contributed by atoms with Crippen molar-refractivity contribution in [2.24, 2.45) is 0 Å². The molecule has 1 aliphatic carbocycles. The third-order valence-electron chi connectivity index (χ3n) is 4.99. The average molecular weight is 417 g/mol. The number of Topliss-reactive ketones (excluding diaryl/α,β-unsaturated/α-hetero) is 1. The number of pyridine rings is 1. The van der Waals surface area contributed by atoms with Gasteiger partial charge in [-0.25, -0.2) is 0 Å². The smallest absolute Gasteiger partial charge is 0.268 e. The molecule has 1 amide bonds. The number of nitrogens with zero attached hydrogens (tertiary/aromatic N) is 1. The van der Waals surface area contributed by atoms with Gasteiger partial charge in [0.25, 0.3) is 11.5 Å². The van der Waals surface area contributed by atoms with Gasteiger partial charge in [-0.2, -0.15) is 0 Å². The third kappa shape index (κ3) is 3.40. The zero-order chi connectivity index (χ0) is 19.8. The number of carbonyl (C=O) groups is 3. The van der Waals surface area contributed by atoms with Crippen LogP contribution in [0, 0.1) is 0 Å². The Morgan fingerprint density at radius 2 is 1.89 bits per heavy atom. The molecule has 1 atom stereocenters. The first-order chi connectivity index (χ1) is 13.5. The number of halogens is 1. The minimum atomic E-state index is -0.630. The van der Waals surface area contributed by atoms with Gasteiger partial charge in [0.2, 0.25) is 5.12 Å². The molecule has 6 nitrogen and oxygen atoms in total. The molecule has 0 bridgehead atoms. The van der Waals surface area contributed by atoms with Gasteiger partial charge in [0.05, 0.1) is 6.04 Å². The Kier molecular flexibility index (Phi) is 5.12. The van der Waals surface area contributed by atoms with E-state index < -0.39 is 17.5 Å². The van der Waals surface area contributed by atoms with E-state index in [9.17, 15) is 19.2 Å². The summed E-state index contributed by atoms with van der Waals surface area (Å²) < 4.78 is 1.42. The number of aromatic nitrogens is 1. The number of thioether (sulfide) groups is 1. The maximum Gasteiger partial charge on any atom is 0.268 e. The van der Waals surface area contributed by atoms with E-state index in [4.69, 9.17) is 11.6 Å². The fraction of sp³-hybridized carbons (Fsp3) is 0.300. The largest absolute Gasteiger partial charge is 0.341 e. The zero-order valence-corrected chi connectivity index (χ0v) is 16.4. The number of rotatable bonds is 3. The maximum atomic E-state index is 13.2. The quantitative estimate of drug-likeness (QED) is 0.831. The molecule has 2 heterocycles. The lowest BCUT2D eigenvalue weighted by Crippen LogP contribution is -2.41. The maximum absolute atomic E-state index is 13.2. The summed E-state index contributed by atoms with van der Waals surface area (Å²) in [6.45, 7) is 0. The zero-order valence-electron chi connectivity index (χ0n) is 14.9. The van der Waals surface area contributed by atoms with Crippen molar-refractivity contribution < 1.29 is 14.4 Å². The normalized spacial score (nSPS) is 18.8. The van der Waals surface area contributed by atoms with E-state index in [1.165, 1.54) is 22.4 Å². The van der Waals surface area contributed by atoms with Crippen LogP contribution in [0.2, 0.25) is 5.02 Å². The highest BCUT2D eigenvalue weighted by Gasteiger charge is 2.30. The highest BCUT2D eigenvalue weighted by atomic mass is 35.5. The van der Waals surface area contributed by atoms with Gasteiger partial charge < -0.3 is 5.32 Å².